The summed E-state index contributed by atoms with van der Waals surface area (Å²) in [7, 11) is 0. The molecule has 0 bridgehead atoms. The van der Waals surface area contributed by atoms with E-state index >= 15 is 0 Å². The van der Waals surface area contributed by atoms with Crippen LogP contribution in [0.3, 0.4) is 0 Å². The number of fused-ring (bicyclic) bond motifs is 2. The summed E-state index contributed by atoms with van der Waals surface area (Å²) >= 11 is 0. The van der Waals surface area contributed by atoms with Crippen LogP contribution in [-0.2, 0) is 0 Å². The van der Waals surface area contributed by atoms with Gasteiger partial charge in [0.25, 0.3) is 0 Å². The van der Waals surface area contributed by atoms with Crippen LogP contribution in [-0.4, -0.2) is 49.3 Å². The number of halogens is 3. The minimum atomic E-state index is -4.44. The molecule has 2 fully saturated rings. The van der Waals surface area contributed by atoms with Crippen molar-refractivity contribution in [3.8, 4) is 11.5 Å². The van der Waals surface area contributed by atoms with E-state index in [0.717, 1.165) is 23.7 Å². The molecule has 4 heterocycles. The van der Waals surface area contributed by atoms with Crippen LogP contribution in [0.4, 0.5) is 13.2 Å². The molecule has 3 aromatic heterocycles. The van der Waals surface area contributed by atoms with Gasteiger partial charge in [-0.3, -0.25) is 9.30 Å². The van der Waals surface area contributed by atoms with E-state index in [4.69, 9.17) is 10.7 Å². The molecule has 2 aliphatic rings. The molecule has 176 valence electrons. The molecule has 1 aromatic carbocycles. The maximum atomic E-state index is 14.2. The van der Waals surface area contributed by atoms with Crippen molar-refractivity contribution < 1.29 is 13.2 Å². The molecule has 0 spiro atoms. The van der Waals surface area contributed by atoms with Crippen LogP contribution < -0.4 is 5.73 Å². The fourth-order valence-electron chi connectivity index (χ4n) is 5.11. The van der Waals surface area contributed by atoms with E-state index in [1.807, 2.05) is 24.3 Å². The van der Waals surface area contributed by atoms with Crippen molar-refractivity contribution in [2.45, 2.75) is 49.9 Å². The number of nitrogens with two attached hydrogens (primary N) is 1. The smallest absolute Gasteiger partial charge is 0.324 e. The van der Waals surface area contributed by atoms with Gasteiger partial charge in [-0.1, -0.05) is 30.3 Å². The third-order valence-corrected chi connectivity index (χ3v) is 6.95. The molecule has 1 aliphatic carbocycles. The number of benzene rings is 1. The molecule has 1 aliphatic heterocycles. The van der Waals surface area contributed by atoms with Crippen LogP contribution in [0.5, 0.6) is 0 Å². The zero-order valence-corrected chi connectivity index (χ0v) is 18.8. The number of hydrogen-bond acceptors (Lipinski definition) is 5. The van der Waals surface area contributed by atoms with Gasteiger partial charge in [0, 0.05) is 30.2 Å². The Morgan fingerprint density at radius 2 is 1.91 bits per heavy atom. The molecule has 2 atom stereocenters. The monoisotopic (exact) mass is 466 g/mol. The molecule has 1 saturated heterocycles. The van der Waals surface area contributed by atoms with E-state index in [-0.39, 0.29) is 12.1 Å². The average molecular weight is 467 g/mol. The summed E-state index contributed by atoms with van der Waals surface area (Å²) in [6.45, 7) is 2.27. The second kappa shape index (κ2) is 7.48. The molecule has 0 amide bonds. The normalized spacial score (nSPS) is 22.6. The fraction of sp³-hybridized carbons (Fsp3) is 0.400. The van der Waals surface area contributed by atoms with E-state index in [1.165, 1.54) is 22.7 Å². The summed E-state index contributed by atoms with van der Waals surface area (Å²) in [5.74, 6) is 0.949. The number of pyridine rings is 2. The topological polar surface area (TPSA) is 72.3 Å². The van der Waals surface area contributed by atoms with Crippen LogP contribution in [0.2, 0.25) is 0 Å². The van der Waals surface area contributed by atoms with Crippen molar-refractivity contribution in [1.82, 2.24) is 24.5 Å². The van der Waals surface area contributed by atoms with Crippen LogP contribution in [0.25, 0.3) is 28.1 Å². The van der Waals surface area contributed by atoms with Gasteiger partial charge in [-0.05, 0) is 55.4 Å². The Bertz CT molecular complexity index is 1390. The van der Waals surface area contributed by atoms with E-state index < -0.39 is 17.8 Å². The Kier molecular flexibility index (Phi) is 4.73. The first-order valence-corrected chi connectivity index (χ1v) is 11.5. The number of alkyl halides is 3. The third kappa shape index (κ3) is 3.73. The Morgan fingerprint density at radius 3 is 2.62 bits per heavy atom. The zero-order chi connectivity index (χ0) is 23.7. The third-order valence-electron chi connectivity index (χ3n) is 6.95. The summed E-state index contributed by atoms with van der Waals surface area (Å²) in [5, 5.41) is 9.51. The molecular weight excluding hydrogens is 441 g/mol. The molecule has 1 saturated carbocycles. The lowest BCUT2D eigenvalue weighted by Gasteiger charge is -2.31. The van der Waals surface area contributed by atoms with Crippen LogP contribution in [0.1, 0.15) is 49.3 Å². The average Bonchev–Trinajstić information content (AvgIpc) is 3.45. The summed E-state index contributed by atoms with van der Waals surface area (Å²) in [6, 6.07) is 11.3. The number of aromatic nitrogens is 4. The Labute approximate surface area is 194 Å². The summed E-state index contributed by atoms with van der Waals surface area (Å²) in [4.78, 5) is 6.29. The first-order chi connectivity index (χ1) is 16.2. The molecule has 6 rings (SSSR count). The molecule has 0 radical (unpaired) electrons. The molecule has 0 unspecified atom stereocenters. The molecule has 4 aromatic rings. The summed E-state index contributed by atoms with van der Waals surface area (Å²) in [5.41, 5.74) is 8.84. The first kappa shape index (κ1) is 21.5. The van der Waals surface area contributed by atoms with Crippen molar-refractivity contribution >= 4 is 16.6 Å². The van der Waals surface area contributed by atoms with Gasteiger partial charge in [0.1, 0.15) is 11.7 Å². The maximum Gasteiger partial charge on any atom is 0.408 e. The quantitative estimate of drug-likeness (QED) is 0.466. The Hall–Kier alpha value is -3.04. The highest BCUT2D eigenvalue weighted by Gasteiger charge is 2.48. The summed E-state index contributed by atoms with van der Waals surface area (Å²) in [6.07, 6.45) is -0.126. The maximum absolute atomic E-state index is 14.2. The number of para-hydroxylation sites is 1. The predicted molar refractivity (Wildman–Crippen MR) is 123 cm³/mol. The predicted octanol–water partition coefficient (Wildman–Crippen LogP) is 4.85. The largest absolute Gasteiger partial charge is 0.408 e. The van der Waals surface area contributed by atoms with Gasteiger partial charge in [0.2, 0.25) is 0 Å². The highest BCUT2D eigenvalue weighted by atomic mass is 19.4. The molecular formula is C25H25F3N6. The first-order valence-electron chi connectivity index (χ1n) is 11.5. The molecule has 6 nitrogen and oxygen atoms in total. The van der Waals surface area contributed by atoms with E-state index in [1.54, 1.807) is 17.4 Å². The fourth-order valence-corrected chi connectivity index (χ4v) is 5.11. The minimum Gasteiger partial charge on any atom is -0.324 e. The number of hydrogen-bond donors (Lipinski definition) is 1. The molecule has 2 N–H and O–H groups in total. The van der Waals surface area contributed by atoms with E-state index in [9.17, 15) is 13.2 Å². The lowest BCUT2D eigenvalue weighted by Crippen LogP contribution is -2.43. The highest BCUT2D eigenvalue weighted by molar-refractivity contribution is 5.84. The highest BCUT2D eigenvalue weighted by Crippen LogP contribution is 2.43. The van der Waals surface area contributed by atoms with Gasteiger partial charge in [0.05, 0.1) is 5.52 Å². The van der Waals surface area contributed by atoms with Gasteiger partial charge >= 0.3 is 6.18 Å². The van der Waals surface area contributed by atoms with Gasteiger partial charge in [-0.15, -0.1) is 10.2 Å². The second-order valence-corrected chi connectivity index (χ2v) is 9.92. The van der Waals surface area contributed by atoms with Crippen LogP contribution in [0, 0.1) is 0 Å². The van der Waals surface area contributed by atoms with Crippen LogP contribution >= 0.6 is 0 Å². The van der Waals surface area contributed by atoms with E-state index in [0.29, 0.717) is 36.0 Å². The number of rotatable bonds is 4. The molecule has 9 heteroatoms. The van der Waals surface area contributed by atoms with Gasteiger partial charge in [-0.25, -0.2) is 4.98 Å². The molecule has 34 heavy (non-hydrogen) atoms. The van der Waals surface area contributed by atoms with Crippen molar-refractivity contribution in [3.63, 3.8) is 0 Å². The Morgan fingerprint density at radius 1 is 1.09 bits per heavy atom. The van der Waals surface area contributed by atoms with Crippen molar-refractivity contribution in [3.05, 3.63) is 59.8 Å². The zero-order valence-electron chi connectivity index (χ0n) is 18.8. The van der Waals surface area contributed by atoms with Gasteiger partial charge in [-0.2, -0.15) is 13.2 Å². The minimum absolute atomic E-state index is 0.137. The van der Waals surface area contributed by atoms with Crippen LogP contribution in [0.15, 0.2) is 48.7 Å². The number of nitrogens with zero attached hydrogens (tertiary/aromatic N) is 5. The SMILES string of the molecule is C[C@@]1(N)CCN([C@@H](c2ccc3nnc(-c4ccc5cccc(C6CC6)c5n4)n3c2)C(F)(F)F)C1. The summed E-state index contributed by atoms with van der Waals surface area (Å²) < 4.78 is 44.3. The van der Waals surface area contributed by atoms with Gasteiger partial charge < -0.3 is 5.73 Å². The lowest BCUT2D eigenvalue weighted by atomic mass is 10.0. The van der Waals surface area contributed by atoms with Gasteiger partial charge in [0.15, 0.2) is 11.5 Å². The van der Waals surface area contributed by atoms with Crippen molar-refractivity contribution in [1.29, 1.82) is 0 Å². The standard InChI is InChI=1S/C25H25F3N6/c1-24(29)11-12-33(14-24)22(25(26,27)28)17-8-10-20-31-32-23(34(20)13-17)19-9-7-16-3-2-4-18(15-5-6-15)21(16)30-19/h2-4,7-10,13,15,22H,5-6,11-12,14,29H2,1H3/t22-,24+/m0/s1. The second-order valence-electron chi connectivity index (χ2n) is 9.92. The van der Waals surface area contributed by atoms with E-state index in [2.05, 4.69) is 16.3 Å². The lowest BCUT2D eigenvalue weighted by molar-refractivity contribution is -0.184. The van der Waals surface area contributed by atoms with Crippen molar-refractivity contribution in [2.75, 3.05) is 13.1 Å². The number of likely N-dealkylation sites (tertiary alicyclic amines) is 1. The Balaban J connectivity index is 1.45. The van der Waals surface area contributed by atoms with Crippen molar-refractivity contribution in [2.24, 2.45) is 5.73 Å².